The van der Waals surface area contributed by atoms with Gasteiger partial charge in [-0.3, -0.25) is 20.4 Å². The molecule has 2 atom stereocenters. The van der Waals surface area contributed by atoms with E-state index in [0.29, 0.717) is 11.1 Å². The van der Waals surface area contributed by atoms with Crippen molar-refractivity contribution in [2.45, 2.75) is 88.8 Å². The summed E-state index contributed by atoms with van der Waals surface area (Å²) in [6.07, 6.45) is -9.94. The Hall–Kier alpha value is -4.12. The van der Waals surface area contributed by atoms with Crippen LogP contribution in [0.1, 0.15) is 57.6 Å². The number of hydrazine groups is 2. The highest BCUT2D eigenvalue weighted by molar-refractivity contribution is 5.87. The minimum atomic E-state index is -5.04. The maximum Gasteiger partial charge on any atom is 0.426 e. The lowest BCUT2D eigenvalue weighted by Crippen LogP contribution is -2.62. The van der Waals surface area contributed by atoms with Gasteiger partial charge in [-0.15, -0.1) is 25.6 Å². The van der Waals surface area contributed by atoms with Crippen molar-refractivity contribution in [1.29, 1.82) is 0 Å². The molecule has 5 N–H and O–H groups in total. The van der Waals surface area contributed by atoms with Gasteiger partial charge < -0.3 is 14.2 Å². The molecule has 0 aliphatic rings. The van der Waals surface area contributed by atoms with Crippen LogP contribution in [0.2, 0.25) is 0 Å². The number of nitrogens with one attached hydrogen (secondary N) is 3. The Labute approximate surface area is 293 Å². The fraction of sp³-hybridized carbons (Fsp3) is 0.424. The summed E-state index contributed by atoms with van der Waals surface area (Å²) in [5.41, 5.74) is -0.953. The Bertz CT molecular complexity index is 1360. The molecule has 0 saturated heterocycles. The van der Waals surface area contributed by atoms with Gasteiger partial charge in [0.15, 0.2) is 0 Å². The van der Waals surface area contributed by atoms with Crippen molar-refractivity contribution in [3.63, 3.8) is 0 Å². The van der Waals surface area contributed by atoms with Crippen LogP contribution >= 0.6 is 12.4 Å². The third-order valence-corrected chi connectivity index (χ3v) is 6.51. The molecular formula is C33H43ClF6N4O6. The summed E-state index contributed by atoms with van der Waals surface area (Å²) in [6, 6.07) is 16.4. The van der Waals surface area contributed by atoms with Gasteiger partial charge in [0.25, 0.3) is 11.8 Å². The van der Waals surface area contributed by atoms with E-state index in [0.717, 1.165) is 0 Å². The van der Waals surface area contributed by atoms with Crippen LogP contribution in [0, 0.1) is 0 Å². The molecule has 0 radical (unpaired) electrons. The lowest BCUT2D eigenvalue weighted by Gasteiger charge is -2.34. The van der Waals surface area contributed by atoms with Crippen LogP contribution in [0.3, 0.4) is 0 Å². The second-order valence-electron chi connectivity index (χ2n) is 11.4. The van der Waals surface area contributed by atoms with E-state index in [4.69, 9.17) is 20.1 Å². The Balaban J connectivity index is 0.000000978. The lowest BCUT2D eigenvalue weighted by molar-refractivity contribution is -0.273. The molecule has 0 aliphatic carbocycles. The Kier molecular flexibility index (Phi) is 18.8. The monoisotopic (exact) mass is 740 g/mol. The number of allylic oxidation sites excluding steroid dienone is 2. The minimum Gasteiger partial charge on any atom is -0.443 e. The summed E-state index contributed by atoms with van der Waals surface area (Å²) in [5.74, 6) is 1.91. The average molecular weight is 741 g/mol. The first-order valence-corrected chi connectivity index (χ1v) is 14.8. The molecule has 0 heterocycles. The predicted molar refractivity (Wildman–Crippen MR) is 176 cm³/mol. The van der Waals surface area contributed by atoms with Crippen molar-refractivity contribution in [2.24, 2.45) is 5.84 Å². The highest BCUT2D eigenvalue weighted by Crippen LogP contribution is 2.40. The summed E-state index contributed by atoms with van der Waals surface area (Å²) in [5, 5.41) is 0. The van der Waals surface area contributed by atoms with Gasteiger partial charge in [0.2, 0.25) is 11.2 Å². The number of halogens is 7. The second-order valence-corrected chi connectivity index (χ2v) is 11.4. The summed E-state index contributed by atoms with van der Waals surface area (Å²) >= 11 is 0. The van der Waals surface area contributed by atoms with Gasteiger partial charge in [-0.05, 0) is 57.6 Å². The Morgan fingerprint density at radius 2 is 1.08 bits per heavy atom. The van der Waals surface area contributed by atoms with Crippen molar-refractivity contribution >= 4 is 30.3 Å². The van der Waals surface area contributed by atoms with E-state index in [1.807, 2.05) is 5.43 Å². The zero-order chi connectivity index (χ0) is 37.4. The largest absolute Gasteiger partial charge is 0.443 e. The standard InChI is InChI=1S/C19H25F3N2O4.C14H17F3N2O2.ClH/c1-5-6-12-18(19(20,21)22,27-13-14-10-8-7-9-11-14)15(25)23-24-16(26)28-17(2,3)4;1-2-3-9-13(12(20)19-18,14(15,16)17)21-10-11-7-5-4-6-8-11;/h5,7-11H,1,6,12-13H2,2-4H3,(H,23,25)(H,24,26);2,4-8H,1,3,9-10,18H2,(H,19,20);1H. The molecule has 0 aliphatic heterocycles. The van der Waals surface area contributed by atoms with E-state index >= 15 is 0 Å². The molecule has 3 amide bonds. The van der Waals surface area contributed by atoms with E-state index in [1.165, 1.54) is 17.6 Å². The summed E-state index contributed by atoms with van der Waals surface area (Å²) in [4.78, 5) is 35.8. The molecule has 50 heavy (non-hydrogen) atoms. The topological polar surface area (TPSA) is 141 Å². The zero-order valence-electron chi connectivity index (χ0n) is 27.8. The number of nitrogens with two attached hydrogens (primary N) is 1. The van der Waals surface area contributed by atoms with Crippen molar-refractivity contribution in [3.05, 3.63) is 97.1 Å². The first kappa shape index (κ1) is 45.9. The number of hydrogen-bond acceptors (Lipinski definition) is 7. The molecule has 0 saturated carbocycles. The maximum atomic E-state index is 13.9. The van der Waals surface area contributed by atoms with E-state index in [-0.39, 0.29) is 31.9 Å². The molecule has 2 aromatic rings. The molecular weight excluding hydrogens is 698 g/mol. The van der Waals surface area contributed by atoms with Crippen molar-refractivity contribution in [2.75, 3.05) is 0 Å². The molecule has 2 unspecified atom stereocenters. The third kappa shape index (κ3) is 14.0. The SMILES string of the molecule is C=CCCC(OCc1ccccc1)(C(=O)NN)C(F)(F)F.C=CCCC(OCc1ccccc1)(C(=O)NNC(=O)OC(C)(C)C)C(F)(F)F.Cl. The Morgan fingerprint density at radius 3 is 1.40 bits per heavy atom. The Morgan fingerprint density at radius 1 is 0.700 bits per heavy atom. The van der Waals surface area contributed by atoms with Crippen LogP contribution in [0.5, 0.6) is 0 Å². The fourth-order valence-corrected chi connectivity index (χ4v) is 4.01. The quantitative estimate of drug-likeness (QED) is 0.0543. The molecule has 0 aromatic heterocycles. The van der Waals surface area contributed by atoms with Gasteiger partial charge in [-0.2, -0.15) is 26.3 Å². The second kappa shape index (κ2) is 20.5. The summed E-state index contributed by atoms with van der Waals surface area (Å²) < 4.78 is 96.7. The van der Waals surface area contributed by atoms with Crippen molar-refractivity contribution < 1.29 is 54.9 Å². The maximum absolute atomic E-state index is 13.9. The van der Waals surface area contributed by atoms with Gasteiger partial charge in [-0.1, -0.05) is 72.8 Å². The van der Waals surface area contributed by atoms with Crippen LogP contribution in [-0.2, 0) is 37.0 Å². The van der Waals surface area contributed by atoms with Gasteiger partial charge >= 0.3 is 18.4 Å². The van der Waals surface area contributed by atoms with Crippen molar-refractivity contribution in [3.8, 4) is 0 Å². The first-order chi connectivity index (χ1) is 22.8. The van der Waals surface area contributed by atoms with E-state index in [2.05, 4.69) is 13.2 Å². The molecule has 280 valence electrons. The number of alkyl halides is 6. The van der Waals surface area contributed by atoms with Crippen LogP contribution in [-0.4, -0.2) is 47.1 Å². The van der Waals surface area contributed by atoms with Gasteiger partial charge in [0.05, 0.1) is 13.2 Å². The van der Waals surface area contributed by atoms with Gasteiger partial charge in [0, 0.05) is 0 Å². The first-order valence-electron chi connectivity index (χ1n) is 14.8. The average Bonchev–Trinajstić information content (AvgIpc) is 3.03. The van der Waals surface area contributed by atoms with E-state index < -0.39 is 66.5 Å². The molecule has 0 bridgehead atoms. The molecule has 0 spiro atoms. The molecule has 10 nitrogen and oxygen atoms in total. The predicted octanol–water partition coefficient (Wildman–Crippen LogP) is 6.91. The number of carbonyl (C=O) groups is 3. The number of rotatable bonds is 14. The fourth-order valence-electron chi connectivity index (χ4n) is 4.01. The van der Waals surface area contributed by atoms with E-state index in [1.54, 1.807) is 86.9 Å². The number of benzene rings is 2. The highest BCUT2D eigenvalue weighted by atomic mass is 35.5. The number of ether oxygens (including phenoxy) is 3. The van der Waals surface area contributed by atoms with E-state index in [9.17, 15) is 40.7 Å². The van der Waals surface area contributed by atoms with Crippen LogP contribution in [0.25, 0.3) is 0 Å². The highest BCUT2D eigenvalue weighted by Gasteiger charge is 2.62. The third-order valence-electron chi connectivity index (χ3n) is 6.51. The molecule has 17 heteroatoms. The smallest absolute Gasteiger partial charge is 0.426 e. The van der Waals surface area contributed by atoms with Gasteiger partial charge in [0.1, 0.15) is 5.60 Å². The van der Waals surface area contributed by atoms with Crippen LogP contribution in [0.4, 0.5) is 31.1 Å². The minimum absolute atomic E-state index is 0. The normalized spacial score (nSPS) is 13.8. The number of hydrogen-bond donors (Lipinski definition) is 4. The molecule has 2 rings (SSSR count). The summed E-state index contributed by atoms with van der Waals surface area (Å²) in [7, 11) is 0. The van der Waals surface area contributed by atoms with Gasteiger partial charge in [-0.25, -0.2) is 16.1 Å². The molecule has 2 aromatic carbocycles. The van der Waals surface area contributed by atoms with Crippen molar-refractivity contribution in [1.82, 2.24) is 16.3 Å². The summed E-state index contributed by atoms with van der Waals surface area (Å²) in [6.45, 7) is 10.7. The zero-order valence-corrected chi connectivity index (χ0v) is 28.6. The van der Waals surface area contributed by atoms with Crippen LogP contribution < -0.4 is 22.1 Å². The van der Waals surface area contributed by atoms with Crippen LogP contribution in [0.15, 0.2) is 86.0 Å². The number of amides is 3. The molecule has 0 fully saturated rings. The lowest BCUT2D eigenvalue weighted by atomic mass is 9.95. The number of carbonyl (C=O) groups excluding carboxylic acids is 3.